The van der Waals surface area contributed by atoms with Crippen molar-refractivity contribution in [1.82, 2.24) is 4.98 Å². The van der Waals surface area contributed by atoms with Gasteiger partial charge in [-0.05, 0) is 11.7 Å². The third-order valence-corrected chi connectivity index (χ3v) is 2.00. The number of nitrogens with zero attached hydrogens (tertiary/aromatic N) is 1. The number of aromatic nitrogens is 1. The number of carboxylic acids is 1. The molecule has 5 heteroatoms. The van der Waals surface area contributed by atoms with E-state index in [9.17, 15) is 4.79 Å². The number of aliphatic carboxylic acids is 1. The van der Waals surface area contributed by atoms with Crippen LogP contribution in [-0.2, 0) is 11.2 Å². The molecule has 2 radical (unpaired) electrons. The highest BCUT2D eigenvalue weighted by molar-refractivity contribution is 7.19. The molecule has 0 unspecified atom stereocenters. The van der Waals surface area contributed by atoms with Gasteiger partial charge in [0.25, 0.3) is 0 Å². The summed E-state index contributed by atoms with van der Waals surface area (Å²) in [5, 5.41) is 9.21. The second kappa shape index (κ2) is 3.05. The highest BCUT2D eigenvalue weighted by atomic mass is 32.1. The molecule has 1 aromatic rings. The first-order chi connectivity index (χ1) is 5.09. The summed E-state index contributed by atoms with van der Waals surface area (Å²) in [6.45, 7) is 1.80. The average molecular weight is 167 g/mol. The van der Waals surface area contributed by atoms with Crippen molar-refractivity contribution < 1.29 is 9.90 Å². The number of rotatable bonds is 2. The van der Waals surface area contributed by atoms with E-state index in [1.165, 1.54) is 11.3 Å². The molecule has 0 fully saturated rings. The Bertz CT molecular complexity index is 284. The lowest BCUT2D eigenvalue weighted by atomic mass is 10.0. The van der Waals surface area contributed by atoms with Crippen LogP contribution in [0.4, 0.5) is 0 Å². The van der Waals surface area contributed by atoms with Crippen LogP contribution in [0.15, 0.2) is 0 Å². The summed E-state index contributed by atoms with van der Waals surface area (Å²) in [5.74, 6) is -0.901. The monoisotopic (exact) mass is 167 g/mol. The fourth-order valence-electron chi connectivity index (χ4n) is 0.756. The van der Waals surface area contributed by atoms with Crippen molar-refractivity contribution in [2.45, 2.75) is 13.3 Å². The second-order valence-electron chi connectivity index (χ2n) is 2.11. The normalized spacial score (nSPS) is 9.91. The maximum Gasteiger partial charge on any atom is 0.309 e. The van der Waals surface area contributed by atoms with Crippen molar-refractivity contribution in [1.29, 1.82) is 0 Å². The third-order valence-electron chi connectivity index (χ3n) is 1.15. The van der Waals surface area contributed by atoms with Crippen LogP contribution in [0.1, 0.15) is 10.7 Å². The van der Waals surface area contributed by atoms with Gasteiger partial charge in [0.15, 0.2) is 0 Å². The largest absolute Gasteiger partial charge is 0.481 e. The lowest BCUT2D eigenvalue weighted by molar-refractivity contribution is -0.136. The fourth-order valence-corrected chi connectivity index (χ4v) is 1.47. The second-order valence-corrected chi connectivity index (χ2v) is 3.35. The molecule has 0 saturated heterocycles. The zero-order valence-corrected chi connectivity index (χ0v) is 6.81. The van der Waals surface area contributed by atoms with Crippen LogP contribution in [0.3, 0.4) is 0 Å². The molecule has 3 nitrogen and oxygen atoms in total. The molecule has 1 rings (SSSR count). The van der Waals surface area contributed by atoms with Crippen LogP contribution in [0.5, 0.6) is 0 Å². The van der Waals surface area contributed by atoms with Crippen LogP contribution < -0.4 is 4.78 Å². The number of thiazole rings is 1. The molecule has 1 heterocycles. The first-order valence-electron chi connectivity index (χ1n) is 3.03. The van der Waals surface area contributed by atoms with Gasteiger partial charge >= 0.3 is 5.97 Å². The minimum atomic E-state index is -0.901. The van der Waals surface area contributed by atoms with Crippen molar-refractivity contribution in [3.63, 3.8) is 0 Å². The molecule has 56 valence electrons. The van der Waals surface area contributed by atoms with E-state index in [1.54, 1.807) is 6.92 Å². The topological polar surface area (TPSA) is 50.2 Å². The molecule has 0 aliphatic carbocycles. The fraction of sp³-hybridized carbons (Fsp3) is 0.333. The first-order valence-corrected chi connectivity index (χ1v) is 3.85. The van der Waals surface area contributed by atoms with Crippen molar-refractivity contribution in [3.05, 3.63) is 10.7 Å². The average Bonchev–Trinajstić information content (AvgIpc) is 2.09. The van der Waals surface area contributed by atoms with E-state index in [-0.39, 0.29) is 6.42 Å². The van der Waals surface area contributed by atoms with E-state index in [0.29, 0.717) is 10.5 Å². The summed E-state index contributed by atoms with van der Waals surface area (Å²) in [6.07, 6.45) is -0.0871. The summed E-state index contributed by atoms with van der Waals surface area (Å²) in [7, 11) is 5.48. The van der Waals surface area contributed by atoms with Crippen LogP contribution in [0, 0.1) is 6.92 Å². The molecule has 1 aromatic heterocycles. The summed E-state index contributed by atoms with van der Waals surface area (Å²) in [5.41, 5.74) is 0.472. The number of aryl methyl sites for hydroxylation is 1. The van der Waals surface area contributed by atoms with Gasteiger partial charge in [0.2, 0.25) is 0 Å². The summed E-state index contributed by atoms with van der Waals surface area (Å²) in [6, 6.07) is 0. The molecule has 0 bridgehead atoms. The predicted molar refractivity (Wildman–Crippen MR) is 43.6 cm³/mol. The Hall–Kier alpha value is -0.835. The lowest BCUT2D eigenvalue weighted by Gasteiger charge is -1.90. The van der Waals surface area contributed by atoms with Crippen LogP contribution >= 0.6 is 11.3 Å². The minimum Gasteiger partial charge on any atom is -0.481 e. The molecule has 0 atom stereocenters. The van der Waals surface area contributed by atoms with Crippen LogP contribution in [0.25, 0.3) is 0 Å². The van der Waals surface area contributed by atoms with E-state index in [1.807, 2.05) is 0 Å². The van der Waals surface area contributed by atoms with E-state index in [2.05, 4.69) is 4.98 Å². The Kier molecular flexibility index (Phi) is 2.29. The molecule has 0 amide bonds. The van der Waals surface area contributed by atoms with E-state index >= 15 is 0 Å². The first kappa shape index (κ1) is 8.26. The SMILES string of the molecule is [B]c1sc(C)nc1CC(=O)O. The molecular weight excluding hydrogens is 161 g/mol. The Balaban J connectivity index is 2.85. The van der Waals surface area contributed by atoms with Crippen LogP contribution in [-0.4, -0.2) is 23.9 Å². The van der Waals surface area contributed by atoms with Crippen molar-refractivity contribution in [2.75, 3.05) is 0 Å². The molecule has 0 aliphatic rings. The molecule has 0 aromatic carbocycles. The number of carboxylic acid groups (broad SMARTS) is 1. The van der Waals surface area contributed by atoms with E-state index in [4.69, 9.17) is 13.0 Å². The van der Waals surface area contributed by atoms with Crippen molar-refractivity contribution >= 4 is 29.9 Å². The number of carbonyl (C=O) groups is 1. The summed E-state index contributed by atoms with van der Waals surface area (Å²) < 4.78 is 0.505. The smallest absolute Gasteiger partial charge is 0.309 e. The number of hydrogen-bond acceptors (Lipinski definition) is 3. The van der Waals surface area contributed by atoms with Crippen LogP contribution in [0.2, 0.25) is 0 Å². The van der Waals surface area contributed by atoms with Gasteiger partial charge in [-0.3, -0.25) is 4.79 Å². The van der Waals surface area contributed by atoms with Gasteiger partial charge in [0.05, 0.1) is 17.1 Å². The van der Waals surface area contributed by atoms with Gasteiger partial charge in [-0.15, -0.1) is 11.3 Å². The van der Waals surface area contributed by atoms with E-state index < -0.39 is 5.97 Å². The molecule has 0 aliphatic heterocycles. The summed E-state index contributed by atoms with van der Waals surface area (Å²) in [4.78, 5) is 14.2. The maximum atomic E-state index is 10.2. The Morgan fingerprint density at radius 3 is 2.82 bits per heavy atom. The standard InChI is InChI=1S/C6H6BNO2S/c1-3-8-4(2-5(9)10)6(7)11-3/h2H2,1H3,(H,9,10). The lowest BCUT2D eigenvalue weighted by Crippen LogP contribution is -2.10. The zero-order chi connectivity index (χ0) is 8.43. The Labute approximate surface area is 69.5 Å². The van der Waals surface area contributed by atoms with Gasteiger partial charge in [-0.1, -0.05) is 0 Å². The highest BCUT2D eigenvalue weighted by Crippen LogP contribution is 2.04. The summed E-state index contributed by atoms with van der Waals surface area (Å²) >= 11 is 1.31. The van der Waals surface area contributed by atoms with E-state index in [0.717, 1.165) is 5.01 Å². The predicted octanol–water partition coefficient (Wildman–Crippen LogP) is -0.128. The van der Waals surface area contributed by atoms with Gasteiger partial charge < -0.3 is 5.11 Å². The van der Waals surface area contributed by atoms with Gasteiger partial charge in [-0.2, -0.15) is 0 Å². The minimum absolute atomic E-state index is 0.0871. The van der Waals surface area contributed by atoms with Gasteiger partial charge in [-0.25, -0.2) is 4.98 Å². The quantitative estimate of drug-likeness (QED) is 0.624. The highest BCUT2D eigenvalue weighted by Gasteiger charge is 2.07. The Morgan fingerprint density at radius 2 is 2.45 bits per heavy atom. The maximum absolute atomic E-state index is 10.2. The molecule has 0 saturated carbocycles. The van der Waals surface area contributed by atoms with Crippen molar-refractivity contribution in [3.8, 4) is 0 Å². The molecule has 1 N–H and O–H groups in total. The van der Waals surface area contributed by atoms with Gasteiger partial charge in [0, 0.05) is 0 Å². The zero-order valence-electron chi connectivity index (χ0n) is 6.00. The molecular formula is C6H6BNO2S. The van der Waals surface area contributed by atoms with Gasteiger partial charge in [0.1, 0.15) is 7.85 Å². The number of hydrogen-bond donors (Lipinski definition) is 1. The Morgan fingerprint density at radius 1 is 1.82 bits per heavy atom. The molecule has 0 spiro atoms. The third kappa shape index (κ3) is 2.05. The molecule has 11 heavy (non-hydrogen) atoms. The van der Waals surface area contributed by atoms with Crippen molar-refractivity contribution in [2.24, 2.45) is 0 Å².